The van der Waals surface area contributed by atoms with Gasteiger partial charge in [0.2, 0.25) is 0 Å². The Hall–Kier alpha value is -2.72. The molecule has 26 heavy (non-hydrogen) atoms. The molecule has 0 aliphatic rings. The number of hydrogen-bond donors (Lipinski definition) is 1. The van der Waals surface area contributed by atoms with Gasteiger partial charge in [-0.25, -0.2) is 0 Å². The van der Waals surface area contributed by atoms with Crippen molar-refractivity contribution in [3.63, 3.8) is 0 Å². The van der Waals surface area contributed by atoms with Crippen LogP contribution in [-0.2, 0) is 0 Å². The average Bonchev–Trinajstić information content (AvgIpc) is 2.72. The number of ether oxygens (including phenoxy) is 1. The third kappa shape index (κ3) is 4.09. The number of nitrogens with one attached hydrogen (secondary N) is 1. The predicted octanol–water partition coefficient (Wildman–Crippen LogP) is 4.94. The predicted molar refractivity (Wildman–Crippen MR) is 107 cm³/mol. The molecular weight excluding hydrogens is 342 g/mol. The first kappa shape index (κ1) is 18.1. The maximum absolute atomic E-state index is 13.0. The van der Waals surface area contributed by atoms with Gasteiger partial charge in [-0.05, 0) is 35.6 Å². The minimum atomic E-state index is -0.227. The molecule has 3 rings (SSSR count). The largest absolute Gasteiger partial charge is 0.496 e. The number of carbonyl (C=O) groups is 1. The fourth-order valence-electron chi connectivity index (χ4n) is 2.85. The summed E-state index contributed by atoms with van der Waals surface area (Å²) in [5.41, 5.74) is 2.60. The second-order valence-corrected chi connectivity index (χ2v) is 6.67. The molecule has 0 spiro atoms. The monoisotopic (exact) mass is 363 g/mol. The van der Waals surface area contributed by atoms with E-state index in [1.807, 2.05) is 85.1 Å². The van der Waals surface area contributed by atoms with E-state index in [1.165, 1.54) is 0 Å². The summed E-state index contributed by atoms with van der Waals surface area (Å²) in [6, 6.07) is 25.3. The van der Waals surface area contributed by atoms with Gasteiger partial charge in [-0.15, -0.1) is 11.8 Å². The van der Waals surface area contributed by atoms with Gasteiger partial charge < -0.3 is 10.1 Å². The highest BCUT2D eigenvalue weighted by Gasteiger charge is 2.20. The van der Waals surface area contributed by atoms with Crippen molar-refractivity contribution in [2.45, 2.75) is 10.9 Å². The molecule has 0 heterocycles. The molecule has 3 aromatic carbocycles. The van der Waals surface area contributed by atoms with Gasteiger partial charge >= 0.3 is 0 Å². The van der Waals surface area contributed by atoms with Gasteiger partial charge in [-0.2, -0.15) is 0 Å². The molecule has 0 atom stereocenters. The molecule has 0 aromatic heterocycles. The Morgan fingerprint density at radius 2 is 1.50 bits per heavy atom. The van der Waals surface area contributed by atoms with Crippen LogP contribution in [-0.4, -0.2) is 19.3 Å². The van der Waals surface area contributed by atoms with E-state index < -0.39 is 0 Å². The van der Waals surface area contributed by atoms with Crippen LogP contribution in [0.4, 0.5) is 0 Å². The zero-order valence-electron chi connectivity index (χ0n) is 14.8. The first-order valence-corrected chi connectivity index (χ1v) is 9.58. The second kappa shape index (κ2) is 8.59. The van der Waals surface area contributed by atoms with Gasteiger partial charge in [0.25, 0.3) is 5.91 Å². The maximum Gasteiger partial charge on any atom is 0.255 e. The lowest BCUT2D eigenvalue weighted by Gasteiger charge is -2.20. The molecule has 0 aliphatic carbocycles. The molecule has 0 aliphatic heterocycles. The van der Waals surface area contributed by atoms with Crippen molar-refractivity contribution in [1.82, 2.24) is 5.32 Å². The summed E-state index contributed by atoms with van der Waals surface area (Å²) in [7, 11) is 1.59. The number of methoxy groups -OCH3 is 1. The topological polar surface area (TPSA) is 38.3 Å². The summed E-state index contributed by atoms with van der Waals surface area (Å²) in [5, 5.41) is 3.15. The molecule has 0 radical (unpaired) electrons. The van der Waals surface area contributed by atoms with Crippen LogP contribution in [0.25, 0.3) is 0 Å². The quantitative estimate of drug-likeness (QED) is 0.631. The summed E-state index contributed by atoms with van der Waals surface area (Å²) >= 11 is 1.61. The zero-order chi connectivity index (χ0) is 18.4. The van der Waals surface area contributed by atoms with Crippen LogP contribution in [0.2, 0.25) is 0 Å². The van der Waals surface area contributed by atoms with E-state index in [1.54, 1.807) is 18.9 Å². The van der Waals surface area contributed by atoms with Crippen molar-refractivity contribution in [1.29, 1.82) is 0 Å². The molecule has 0 bridgehead atoms. The molecule has 3 aromatic rings. The van der Waals surface area contributed by atoms with Gasteiger partial charge in [-0.1, -0.05) is 60.7 Å². The first-order valence-electron chi connectivity index (χ1n) is 8.35. The minimum absolute atomic E-state index is 0.160. The molecule has 0 unspecified atom stereocenters. The molecular formula is C22H21NO2S. The number of carbonyl (C=O) groups excluding carboxylic acids is 1. The molecule has 132 valence electrons. The average molecular weight is 363 g/mol. The number of hydrogen-bond acceptors (Lipinski definition) is 3. The number of thioether (sulfide) groups is 1. The zero-order valence-corrected chi connectivity index (χ0v) is 15.6. The highest BCUT2D eigenvalue weighted by molar-refractivity contribution is 7.98. The Morgan fingerprint density at radius 1 is 0.923 bits per heavy atom. The molecule has 3 nitrogen and oxygen atoms in total. The SMILES string of the molecule is COc1cc(SC)ccc1C(=O)NC(c1ccccc1)c1ccccc1. The third-order valence-electron chi connectivity index (χ3n) is 4.19. The van der Waals surface area contributed by atoms with Crippen molar-refractivity contribution < 1.29 is 9.53 Å². The van der Waals surface area contributed by atoms with Crippen molar-refractivity contribution in [2.75, 3.05) is 13.4 Å². The van der Waals surface area contributed by atoms with Crippen molar-refractivity contribution in [2.24, 2.45) is 0 Å². The van der Waals surface area contributed by atoms with Gasteiger partial charge in [0, 0.05) is 4.90 Å². The third-order valence-corrected chi connectivity index (χ3v) is 4.92. The maximum atomic E-state index is 13.0. The normalized spacial score (nSPS) is 10.6. The van der Waals surface area contributed by atoms with Crippen molar-refractivity contribution >= 4 is 17.7 Å². The summed E-state index contributed by atoms with van der Waals surface area (Å²) in [6.07, 6.45) is 2.00. The summed E-state index contributed by atoms with van der Waals surface area (Å²) in [5.74, 6) is 0.418. The summed E-state index contributed by atoms with van der Waals surface area (Å²) in [4.78, 5) is 14.0. The molecule has 4 heteroatoms. The van der Waals surface area contributed by atoms with E-state index in [0.717, 1.165) is 16.0 Å². The van der Waals surface area contributed by atoms with E-state index in [9.17, 15) is 4.79 Å². The molecule has 0 saturated heterocycles. The van der Waals surface area contributed by atoms with E-state index in [-0.39, 0.29) is 11.9 Å². The lowest BCUT2D eigenvalue weighted by molar-refractivity contribution is 0.0940. The highest BCUT2D eigenvalue weighted by atomic mass is 32.2. The molecule has 0 fully saturated rings. The second-order valence-electron chi connectivity index (χ2n) is 5.79. The fourth-order valence-corrected chi connectivity index (χ4v) is 3.27. The van der Waals surface area contributed by atoms with Crippen LogP contribution in [0.3, 0.4) is 0 Å². The number of amides is 1. The minimum Gasteiger partial charge on any atom is -0.496 e. The van der Waals surface area contributed by atoms with Crippen LogP contribution in [0.1, 0.15) is 27.5 Å². The summed E-state index contributed by atoms with van der Waals surface area (Å²) < 4.78 is 5.43. The Morgan fingerprint density at radius 3 is 2.00 bits per heavy atom. The van der Waals surface area contributed by atoms with Crippen molar-refractivity contribution in [3.05, 3.63) is 95.6 Å². The van der Waals surface area contributed by atoms with Gasteiger partial charge in [0.1, 0.15) is 5.75 Å². The highest BCUT2D eigenvalue weighted by Crippen LogP contribution is 2.27. The summed E-state index contributed by atoms with van der Waals surface area (Å²) in [6.45, 7) is 0. The Kier molecular flexibility index (Phi) is 5.97. The van der Waals surface area contributed by atoms with E-state index in [0.29, 0.717) is 11.3 Å². The molecule has 1 N–H and O–H groups in total. The van der Waals surface area contributed by atoms with Gasteiger partial charge in [-0.3, -0.25) is 4.79 Å². The van der Waals surface area contributed by atoms with Crippen LogP contribution < -0.4 is 10.1 Å². The lowest BCUT2D eigenvalue weighted by atomic mass is 9.98. The Labute approximate surface area is 158 Å². The van der Waals surface area contributed by atoms with Gasteiger partial charge in [0.15, 0.2) is 0 Å². The number of rotatable bonds is 6. The van der Waals surface area contributed by atoms with Crippen LogP contribution in [0.15, 0.2) is 83.8 Å². The van der Waals surface area contributed by atoms with Crippen LogP contribution in [0.5, 0.6) is 5.75 Å². The standard InChI is InChI=1S/C22H21NO2S/c1-25-20-15-18(26-2)13-14-19(20)22(24)23-21(16-9-5-3-6-10-16)17-11-7-4-8-12-17/h3-15,21H,1-2H3,(H,23,24). The van der Waals surface area contributed by atoms with Crippen LogP contribution >= 0.6 is 11.8 Å². The van der Waals surface area contributed by atoms with E-state index in [2.05, 4.69) is 5.32 Å². The Bertz CT molecular complexity index is 826. The van der Waals surface area contributed by atoms with Gasteiger partial charge in [0.05, 0.1) is 18.7 Å². The smallest absolute Gasteiger partial charge is 0.255 e. The van der Waals surface area contributed by atoms with E-state index in [4.69, 9.17) is 4.74 Å². The molecule has 1 amide bonds. The Balaban J connectivity index is 1.94. The van der Waals surface area contributed by atoms with Crippen molar-refractivity contribution in [3.8, 4) is 5.75 Å². The first-order chi connectivity index (χ1) is 12.7. The lowest BCUT2D eigenvalue weighted by Crippen LogP contribution is -2.29. The molecule has 0 saturated carbocycles. The fraction of sp³-hybridized carbons (Fsp3) is 0.136. The van der Waals surface area contributed by atoms with Crippen LogP contribution in [0, 0.1) is 0 Å². The number of benzene rings is 3. The van der Waals surface area contributed by atoms with E-state index >= 15 is 0 Å².